The van der Waals surface area contributed by atoms with Crippen molar-refractivity contribution < 1.29 is 19.1 Å². The largest absolute Gasteiger partial charge is 0.424 e. The van der Waals surface area contributed by atoms with Crippen molar-refractivity contribution in [2.45, 2.75) is 20.8 Å². The van der Waals surface area contributed by atoms with Crippen LogP contribution in [0.3, 0.4) is 0 Å². The quantitative estimate of drug-likeness (QED) is 0.605. The number of hydrogen-bond acceptors (Lipinski definition) is 4. The van der Waals surface area contributed by atoms with E-state index in [4.69, 9.17) is 4.74 Å². The molecule has 6 heteroatoms. The molecule has 5 nitrogen and oxygen atoms in total. The van der Waals surface area contributed by atoms with Crippen LogP contribution in [-0.2, 0) is 14.4 Å². The maximum absolute atomic E-state index is 11.9. The van der Waals surface area contributed by atoms with Crippen LogP contribution in [0.4, 0.5) is 5.69 Å². The summed E-state index contributed by atoms with van der Waals surface area (Å²) in [5.74, 6) is -1.25. The summed E-state index contributed by atoms with van der Waals surface area (Å²) >= 11 is 3.38. The van der Waals surface area contributed by atoms with Crippen LogP contribution in [0.5, 0.6) is 5.75 Å². The van der Waals surface area contributed by atoms with Crippen molar-refractivity contribution in [3.05, 3.63) is 34.8 Å². The van der Waals surface area contributed by atoms with E-state index in [1.54, 1.807) is 24.3 Å². The number of carbonyl (C=O) groups excluding carboxylic acids is 3. The first kappa shape index (κ1) is 16.2. The van der Waals surface area contributed by atoms with E-state index in [1.165, 1.54) is 20.8 Å². The predicted molar refractivity (Wildman–Crippen MR) is 86.8 cm³/mol. The third kappa shape index (κ3) is 3.17. The van der Waals surface area contributed by atoms with Crippen LogP contribution in [0.1, 0.15) is 20.8 Å². The molecule has 0 radical (unpaired) electrons. The summed E-state index contributed by atoms with van der Waals surface area (Å²) in [5, 5.41) is 1.46. The highest BCUT2D eigenvalue weighted by Gasteiger charge is 2.24. The number of amides is 2. The van der Waals surface area contributed by atoms with Gasteiger partial charge in [-0.3, -0.25) is 14.4 Å². The summed E-state index contributed by atoms with van der Waals surface area (Å²) in [6.45, 7) is 3.84. The fourth-order valence-corrected chi connectivity index (χ4v) is 2.65. The standard InChI is InChI=1S/C16H14BrNO4/c1-9(19)18(10(2)20)16-14-6-5-13(17)8-12(14)4-7-15(16)22-11(3)21/h4-8H,1-3H3. The van der Waals surface area contributed by atoms with Gasteiger partial charge in [0.15, 0.2) is 5.75 Å². The summed E-state index contributed by atoms with van der Waals surface area (Å²) < 4.78 is 6.03. The zero-order valence-corrected chi connectivity index (χ0v) is 13.9. The van der Waals surface area contributed by atoms with Crippen LogP contribution in [0, 0.1) is 0 Å². The smallest absolute Gasteiger partial charge is 0.308 e. The molecule has 0 heterocycles. The number of esters is 1. The van der Waals surface area contributed by atoms with Crippen molar-refractivity contribution in [1.82, 2.24) is 0 Å². The molecule has 2 amide bonds. The Labute approximate surface area is 136 Å². The Morgan fingerprint density at radius 3 is 2.18 bits per heavy atom. The van der Waals surface area contributed by atoms with Crippen LogP contribution in [0.25, 0.3) is 10.8 Å². The van der Waals surface area contributed by atoms with Crippen molar-refractivity contribution in [2.75, 3.05) is 4.90 Å². The third-order valence-corrected chi connectivity index (χ3v) is 3.52. The van der Waals surface area contributed by atoms with E-state index >= 15 is 0 Å². The molecule has 0 bridgehead atoms. The number of fused-ring (bicyclic) bond motifs is 1. The molecular formula is C16H14BrNO4. The fourth-order valence-electron chi connectivity index (χ4n) is 2.27. The average Bonchev–Trinajstić information content (AvgIpc) is 2.39. The molecule has 2 aromatic rings. The van der Waals surface area contributed by atoms with Gasteiger partial charge >= 0.3 is 5.97 Å². The highest BCUT2D eigenvalue weighted by molar-refractivity contribution is 9.10. The van der Waals surface area contributed by atoms with Crippen LogP contribution >= 0.6 is 15.9 Å². The molecule has 0 N–H and O–H groups in total. The molecule has 0 aliphatic carbocycles. The van der Waals surface area contributed by atoms with E-state index in [9.17, 15) is 14.4 Å². The van der Waals surface area contributed by atoms with Crippen LogP contribution in [0.2, 0.25) is 0 Å². The van der Waals surface area contributed by atoms with Crippen LogP contribution < -0.4 is 9.64 Å². The van der Waals surface area contributed by atoms with Crippen molar-refractivity contribution >= 4 is 50.2 Å². The molecule has 0 aliphatic heterocycles. The van der Waals surface area contributed by atoms with E-state index in [0.717, 1.165) is 14.8 Å². The highest BCUT2D eigenvalue weighted by atomic mass is 79.9. The van der Waals surface area contributed by atoms with E-state index < -0.39 is 17.8 Å². The van der Waals surface area contributed by atoms with Crippen molar-refractivity contribution in [2.24, 2.45) is 0 Å². The van der Waals surface area contributed by atoms with Gasteiger partial charge in [-0.1, -0.05) is 28.1 Å². The number of hydrogen-bond donors (Lipinski definition) is 0. The Morgan fingerprint density at radius 1 is 1.00 bits per heavy atom. The second kappa shape index (κ2) is 6.27. The molecule has 0 fully saturated rings. The zero-order valence-electron chi connectivity index (χ0n) is 12.3. The van der Waals surface area contributed by atoms with E-state index in [2.05, 4.69) is 15.9 Å². The molecule has 0 aliphatic rings. The van der Waals surface area contributed by atoms with Gasteiger partial charge in [-0.05, 0) is 23.6 Å². The molecule has 0 atom stereocenters. The zero-order chi connectivity index (χ0) is 16.4. The predicted octanol–water partition coefficient (Wildman–Crippen LogP) is 3.43. The SMILES string of the molecule is CC(=O)Oc1ccc2cc(Br)ccc2c1N(C(C)=O)C(C)=O. The topological polar surface area (TPSA) is 63.7 Å². The Balaban J connectivity index is 2.82. The third-order valence-electron chi connectivity index (χ3n) is 3.02. The lowest BCUT2D eigenvalue weighted by Crippen LogP contribution is -2.33. The summed E-state index contributed by atoms with van der Waals surface area (Å²) in [6, 6.07) is 8.75. The first-order valence-electron chi connectivity index (χ1n) is 6.53. The molecule has 0 spiro atoms. The normalized spacial score (nSPS) is 10.4. The number of imide groups is 1. The molecule has 0 saturated carbocycles. The molecule has 0 unspecified atom stereocenters. The number of rotatable bonds is 2. The number of ether oxygens (including phenoxy) is 1. The lowest BCUT2D eigenvalue weighted by molar-refractivity contribution is -0.132. The molecule has 2 aromatic carbocycles. The lowest BCUT2D eigenvalue weighted by Gasteiger charge is -2.22. The second-order valence-corrected chi connectivity index (χ2v) is 5.66. The molecule has 0 saturated heterocycles. The number of benzene rings is 2. The Kier molecular flexibility index (Phi) is 4.61. The minimum absolute atomic E-state index is 0.174. The van der Waals surface area contributed by atoms with Gasteiger partial charge in [0.2, 0.25) is 11.8 Å². The molecule has 2 rings (SSSR count). The first-order chi connectivity index (χ1) is 10.3. The number of halogens is 1. The van der Waals surface area contributed by atoms with E-state index in [0.29, 0.717) is 5.39 Å². The van der Waals surface area contributed by atoms with Crippen LogP contribution in [-0.4, -0.2) is 17.8 Å². The van der Waals surface area contributed by atoms with Crippen molar-refractivity contribution in [3.63, 3.8) is 0 Å². The maximum atomic E-state index is 11.9. The molecule has 0 aromatic heterocycles. The van der Waals surface area contributed by atoms with Gasteiger partial charge < -0.3 is 4.74 Å². The summed E-state index contributed by atoms with van der Waals surface area (Å²) in [7, 11) is 0. The van der Waals surface area contributed by atoms with E-state index in [1.807, 2.05) is 6.07 Å². The number of anilines is 1. The minimum Gasteiger partial charge on any atom is -0.424 e. The van der Waals surface area contributed by atoms with Crippen LogP contribution in [0.15, 0.2) is 34.8 Å². The Bertz CT molecular complexity index is 771. The minimum atomic E-state index is -0.523. The van der Waals surface area contributed by atoms with Gasteiger partial charge in [0.05, 0.1) is 0 Å². The monoisotopic (exact) mass is 363 g/mol. The number of nitrogens with zero attached hydrogens (tertiary/aromatic N) is 1. The molecule has 114 valence electrons. The highest BCUT2D eigenvalue weighted by Crippen LogP contribution is 2.38. The molecular weight excluding hydrogens is 350 g/mol. The van der Waals surface area contributed by atoms with Crippen molar-refractivity contribution in [3.8, 4) is 5.75 Å². The van der Waals surface area contributed by atoms with Gasteiger partial charge in [-0.15, -0.1) is 0 Å². The van der Waals surface area contributed by atoms with Gasteiger partial charge in [0.1, 0.15) is 5.69 Å². The lowest BCUT2D eigenvalue weighted by atomic mass is 10.1. The van der Waals surface area contributed by atoms with Gasteiger partial charge in [0, 0.05) is 30.6 Å². The Hall–Kier alpha value is -2.21. The fraction of sp³-hybridized carbons (Fsp3) is 0.188. The van der Waals surface area contributed by atoms with Gasteiger partial charge in [-0.2, -0.15) is 0 Å². The van der Waals surface area contributed by atoms with Crippen molar-refractivity contribution in [1.29, 1.82) is 0 Å². The summed E-state index contributed by atoms with van der Waals surface area (Å²) in [5.41, 5.74) is 0.278. The number of carbonyl (C=O) groups is 3. The average molecular weight is 364 g/mol. The Morgan fingerprint density at radius 2 is 1.64 bits per heavy atom. The van der Waals surface area contributed by atoms with Gasteiger partial charge in [0.25, 0.3) is 0 Å². The maximum Gasteiger partial charge on any atom is 0.308 e. The van der Waals surface area contributed by atoms with Gasteiger partial charge in [-0.25, -0.2) is 4.90 Å². The second-order valence-electron chi connectivity index (χ2n) is 4.74. The van der Waals surface area contributed by atoms with E-state index in [-0.39, 0.29) is 11.4 Å². The summed E-state index contributed by atoms with van der Waals surface area (Å²) in [4.78, 5) is 36.1. The summed E-state index contributed by atoms with van der Waals surface area (Å²) in [6.07, 6.45) is 0. The first-order valence-corrected chi connectivity index (χ1v) is 7.32. The molecule has 22 heavy (non-hydrogen) atoms.